The average molecular weight is 507 g/mol. The van der Waals surface area contributed by atoms with Crippen molar-refractivity contribution in [3.63, 3.8) is 0 Å². The van der Waals surface area contributed by atoms with E-state index in [9.17, 15) is 0 Å². The summed E-state index contributed by atoms with van der Waals surface area (Å²) in [5.41, 5.74) is 5.66. The minimum absolute atomic E-state index is 0.155. The van der Waals surface area contributed by atoms with Crippen LogP contribution in [-0.2, 0) is 0 Å². The fourth-order valence-electron chi connectivity index (χ4n) is 3.55. The average Bonchev–Trinajstić information content (AvgIpc) is 3.43. The van der Waals surface area contributed by atoms with Gasteiger partial charge in [-0.05, 0) is 45.9 Å². The molecule has 0 spiro atoms. The Morgan fingerprint density at radius 1 is 0.828 bits per heavy atom. The summed E-state index contributed by atoms with van der Waals surface area (Å²) in [7, 11) is 0. The van der Waals surface area contributed by atoms with E-state index in [1.807, 2.05) is 6.07 Å². The molecule has 5 heteroatoms. The molecule has 3 nitrogen and oxygen atoms in total. The van der Waals surface area contributed by atoms with Crippen LogP contribution in [0.5, 0.6) is 0 Å². The van der Waals surface area contributed by atoms with Gasteiger partial charge in [-0.3, -0.25) is 0 Å². The predicted octanol–water partition coefficient (Wildman–Crippen LogP) is 6.77. The van der Waals surface area contributed by atoms with Crippen LogP contribution in [0, 0.1) is 3.57 Å². The van der Waals surface area contributed by atoms with E-state index in [1.165, 1.54) is 14.7 Å². The van der Waals surface area contributed by atoms with Crippen LogP contribution in [0.3, 0.4) is 0 Å². The molecule has 3 aromatic carbocycles. The number of benzene rings is 3. The lowest BCUT2D eigenvalue weighted by atomic mass is 9.99. The molecule has 0 bridgehead atoms. The van der Waals surface area contributed by atoms with Crippen molar-refractivity contribution in [2.75, 3.05) is 5.01 Å². The maximum Gasteiger partial charge on any atom is 0.207 e. The van der Waals surface area contributed by atoms with Gasteiger partial charge in [-0.25, -0.2) is 9.99 Å². The Hall–Kier alpha value is -2.51. The molecule has 1 aliphatic heterocycles. The van der Waals surface area contributed by atoms with Crippen LogP contribution >= 0.6 is 33.9 Å². The maximum atomic E-state index is 5.00. The number of hydrogen-bond acceptors (Lipinski definition) is 4. The zero-order valence-electron chi connectivity index (χ0n) is 15.6. The van der Waals surface area contributed by atoms with Crippen LogP contribution in [-0.4, -0.2) is 10.7 Å². The van der Waals surface area contributed by atoms with Crippen LogP contribution in [0.25, 0.3) is 11.3 Å². The molecule has 2 heterocycles. The first-order valence-electron chi connectivity index (χ1n) is 9.46. The zero-order valence-corrected chi connectivity index (χ0v) is 18.5. The quantitative estimate of drug-likeness (QED) is 0.285. The fraction of sp³-hybridized carbons (Fsp3) is 0.0833. The molecular formula is C24H18IN3S. The molecule has 5 rings (SSSR count). The third-order valence-corrected chi connectivity index (χ3v) is 6.58. The highest BCUT2D eigenvalue weighted by Crippen LogP contribution is 2.39. The number of hydrogen-bond donors (Lipinski definition) is 0. The van der Waals surface area contributed by atoms with E-state index in [0.29, 0.717) is 0 Å². The van der Waals surface area contributed by atoms with Gasteiger partial charge in [-0.2, -0.15) is 5.10 Å². The summed E-state index contributed by atoms with van der Waals surface area (Å²) in [6.07, 6.45) is 0.868. The van der Waals surface area contributed by atoms with E-state index in [1.54, 1.807) is 11.3 Å². The largest absolute Gasteiger partial charge is 0.231 e. The Morgan fingerprint density at radius 2 is 1.52 bits per heavy atom. The molecule has 142 valence electrons. The number of hydrazone groups is 1. The maximum absolute atomic E-state index is 5.00. The fourth-order valence-corrected chi connectivity index (χ4v) is 4.74. The molecule has 0 fully saturated rings. The third kappa shape index (κ3) is 3.84. The van der Waals surface area contributed by atoms with Crippen LogP contribution in [0.15, 0.2) is 95.4 Å². The number of anilines is 1. The summed E-state index contributed by atoms with van der Waals surface area (Å²) in [4.78, 5) is 4.93. The van der Waals surface area contributed by atoms with Crippen LogP contribution < -0.4 is 5.01 Å². The molecule has 0 unspecified atom stereocenters. The minimum atomic E-state index is 0.155. The van der Waals surface area contributed by atoms with Gasteiger partial charge in [0.05, 0.1) is 17.4 Å². The lowest BCUT2D eigenvalue weighted by Crippen LogP contribution is -2.18. The summed E-state index contributed by atoms with van der Waals surface area (Å²) in [5, 5.41) is 10.1. The molecular weight excluding hydrogens is 489 g/mol. The molecule has 1 aromatic heterocycles. The second kappa shape index (κ2) is 8.08. The van der Waals surface area contributed by atoms with Crippen molar-refractivity contribution in [1.82, 2.24) is 4.98 Å². The molecule has 0 saturated heterocycles. The van der Waals surface area contributed by atoms with E-state index in [2.05, 4.69) is 112 Å². The summed E-state index contributed by atoms with van der Waals surface area (Å²) >= 11 is 3.97. The van der Waals surface area contributed by atoms with Gasteiger partial charge in [0.15, 0.2) is 0 Å². The Labute approximate surface area is 187 Å². The molecule has 0 radical (unpaired) electrons. The van der Waals surface area contributed by atoms with E-state index in [0.717, 1.165) is 28.5 Å². The van der Waals surface area contributed by atoms with Gasteiger partial charge in [0, 0.05) is 20.9 Å². The molecule has 29 heavy (non-hydrogen) atoms. The summed E-state index contributed by atoms with van der Waals surface area (Å²) in [6, 6.07) is 29.6. The zero-order chi connectivity index (χ0) is 19.6. The predicted molar refractivity (Wildman–Crippen MR) is 130 cm³/mol. The van der Waals surface area contributed by atoms with Crippen molar-refractivity contribution in [2.45, 2.75) is 12.5 Å². The van der Waals surface area contributed by atoms with E-state index in [-0.39, 0.29) is 6.04 Å². The van der Waals surface area contributed by atoms with E-state index < -0.39 is 0 Å². The van der Waals surface area contributed by atoms with Crippen molar-refractivity contribution in [3.8, 4) is 11.3 Å². The monoisotopic (exact) mass is 507 g/mol. The smallest absolute Gasteiger partial charge is 0.207 e. The standard InChI is InChI=1S/C24H18IN3S/c25-20-13-11-18(12-14-20)22-16-29-24(26-22)28-23(19-9-5-2-6-10-19)15-21(27-28)17-7-3-1-4-8-17/h1-14,16,23H,15H2/t23-/m1/s1. The van der Waals surface area contributed by atoms with Gasteiger partial charge < -0.3 is 0 Å². The van der Waals surface area contributed by atoms with E-state index in [4.69, 9.17) is 10.1 Å². The summed E-state index contributed by atoms with van der Waals surface area (Å²) in [6.45, 7) is 0. The molecule has 0 aliphatic carbocycles. The van der Waals surface area contributed by atoms with Crippen molar-refractivity contribution in [3.05, 3.63) is 105 Å². The normalized spacial score (nSPS) is 16.1. The highest BCUT2D eigenvalue weighted by atomic mass is 127. The van der Waals surface area contributed by atoms with Crippen molar-refractivity contribution >= 4 is 44.8 Å². The molecule has 4 aromatic rings. The lowest BCUT2D eigenvalue weighted by molar-refractivity contribution is 0.706. The number of thiazole rings is 1. The third-order valence-electron chi connectivity index (χ3n) is 5.03. The van der Waals surface area contributed by atoms with Gasteiger partial charge in [0.1, 0.15) is 0 Å². The second-order valence-corrected chi connectivity index (χ2v) is 8.99. The Morgan fingerprint density at radius 3 is 2.24 bits per heavy atom. The number of rotatable bonds is 4. The summed E-state index contributed by atoms with van der Waals surface area (Å²) < 4.78 is 1.22. The van der Waals surface area contributed by atoms with Crippen molar-refractivity contribution < 1.29 is 0 Å². The minimum Gasteiger partial charge on any atom is -0.231 e. The molecule has 0 N–H and O–H groups in total. The highest BCUT2D eigenvalue weighted by molar-refractivity contribution is 14.1. The summed E-state index contributed by atoms with van der Waals surface area (Å²) in [5.74, 6) is 0. The van der Waals surface area contributed by atoms with Crippen LogP contribution in [0.1, 0.15) is 23.6 Å². The Bertz CT molecular complexity index is 1140. The molecule has 1 atom stereocenters. The Kier molecular flexibility index (Phi) is 5.16. The lowest BCUT2D eigenvalue weighted by Gasteiger charge is -2.21. The topological polar surface area (TPSA) is 28.5 Å². The van der Waals surface area contributed by atoms with Gasteiger partial charge in [0.25, 0.3) is 0 Å². The molecule has 0 amide bonds. The Balaban J connectivity index is 1.53. The van der Waals surface area contributed by atoms with Gasteiger partial charge in [-0.15, -0.1) is 11.3 Å². The van der Waals surface area contributed by atoms with Gasteiger partial charge >= 0.3 is 0 Å². The van der Waals surface area contributed by atoms with Crippen LogP contribution in [0.4, 0.5) is 5.13 Å². The highest BCUT2D eigenvalue weighted by Gasteiger charge is 2.31. The van der Waals surface area contributed by atoms with Gasteiger partial charge in [-0.1, -0.05) is 72.8 Å². The first-order valence-corrected chi connectivity index (χ1v) is 11.4. The number of aromatic nitrogens is 1. The number of halogens is 1. The first-order chi connectivity index (χ1) is 14.3. The second-order valence-electron chi connectivity index (χ2n) is 6.91. The van der Waals surface area contributed by atoms with Crippen molar-refractivity contribution in [2.24, 2.45) is 5.10 Å². The van der Waals surface area contributed by atoms with Gasteiger partial charge in [0.2, 0.25) is 5.13 Å². The SMILES string of the molecule is Ic1ccc(-c2csc(N3N=C(c4ccccc4)C[C@@H]3c3ccccc3)n2)cc1. The van der Waals surface area contributed by atoms with Crippen LogP contribution in [0.2, 0.25) is 0 Å². The molecule has 0 saturated carbocycles. The molecule has 1 aliphatic rings. The number of nitrogens with zero attached hydrogens (tertiary/aromatic N) is 3. The van der Waals surface area contributed by atoms with Crippen molar-refractivity contribution in [1.29, 1.82) is 0 Å². The van der Waals surface area contributed by atoms with E-state index >= 15 is 0 Å². The first kappa shape index (κ1) is 18.5.